The van der Waals surface area contributed by atoms with Crippen LogP contribution in [0.3, 0.4) is 0 Å². The van der Waals surface area contributed by atoms with Crippen molar-refractivity contribution in [2.75, 3.05) is 7.05 Å². The Balaban J connectivity index is 2.02. The molecule has 0 aliphatic rings. The second kappa shape index (κ2) is 6.17. The molecule has 2 aromatic rings. The average Bonchev–Trinajstić information content (AvgIpc) is 2.91. The van der Waals surface area contributed by atoms with E-state index in [0.717, 1.165) is 13.0 Å². The number of hydrogen-bond acceptors (Lipinski definition) is 2. The largest absolute Gasteiger partial charge is 0.295 e. The molecule has 1 atom stereocenters. The third-order valence-electron chi connectivity index (χ3n) is 3.52. The van der Waals surface area contributed by atoms with E-state index < -0.39 is 0 Å². The van der Waals surface area contributed by atoms with E-state index >= 15 is 0 Å². The second-order valence-corrected chi connectivity index (χ2v) is 5.80. The molecule has 0 amide bonds. The molecule has 0 saturated heterocycles. The van der Waals surface area contributed by atoms with E-state index in [1.54, 1.807) is 0 Å². The molecule has 2 rings (SSSR count). The fourth-order valence-electron chi connectivity index (χ4n) is 2.07. The van der Waals surface area contributed by atoms with Crippen LogP contribution in [0.25, 0.3) is 0 Å². The van der Waals surface area contributed by atoms with Crippen LogP contribution in [-0.4, -0.2) is 11.9 Å². The highest BCUT2D eigenvalue weighted by Gasteiger charge is 2.12. The molecule has 96 valence electrons. The third kappa shape index (κ3) is 3.21. The van der Waals surface area contributed by atoms with Crippen LogP contribution in [0.5, 0.6) is 0 Å². The van der Waals surface area contributed by atoms with Gasteiger partial charge in [0.05, 0.1) is 0 Å². The first-order valence-electron chi connectivity index (χ1n) is 6.52. The summed E-state index contributed by atoms with van der Waals surface area (Å²) in [4.78, 5) is 3.82. The Hall–Kier alpha value is -1.12. The summed E-state index contributed by atoms with van der Waals surface area (Å²) >= 11 is 1.83. The van der Waals surface area contributed by atoms with Gasteiger partial charge >= 0.3 is 0 Å². The molecular formula is C16H21NS. The summed E-state index contributed by atoms with van der Waals surface area (Å²) in [5.74, 6) is 0. The van der Waals surface area contributed by atoms with Crippen molar-refractivity contribution in [2.24, 2.45) is 0 Å². The normalized spacial score (nSPS) is 12.9. The van der Waals surface area contributed by atoms with Gasteiger partial charge in [0.15, 0.2) is 0 Å². The zero-order chi connectivity index (χ0) is 13.0. The topological polar surface area (TPSA) is 3.24 Å². The van der Waals surface area contributed by atoms with Gasteiger partial charge in [-0.25, -0.2) is 0 Å². The number of nitrogens with zero attached hydrogens (tertiary/aromatic N) is 1. The van der Waals surface area contributed by atoms with Gasteiger partial charge in [0.25, 0.3) is 0 Å². The Bertz CT molecular complexity index is 458. The van der Waals surface area contributed by atoms with Gasteiger partial charge < -0.3 is 0 Å². The van der Waals surface area contributed by atoms with E-state index in [1.807, 2.05) is 11.3 Å². The highest BCUT2D eigenvalue weighted by molar-refractivity contribution is 7.09. The highest BCUT2D eigenvalue weighted by Crippen LogP contribution is 2.22. The zero-order valence-electron chi connectivity index (χ0n) is 11.4. The fourth-order valence-corrected chi connectivity index (χ4v) is 2.84. The molecule has 1 aromatic heterocycles. The molecule has 0 aliphatic carbocycles. The third-order valence-corrected chi connectivity index (χ3v) is 4.38. The van der Waals surface area contributed by atoms with Crippen molar-refractivity contribution in [2.45, 2.75) is 32.9 Å². The van der Waals surface area contributed by atoms with Crippen LogP contribution >= 0.6 is 11.3 Å². The first kappa shape index (κ1) is 13.3. The molecule has 18 heavy (non-hydrogen) atoms. The Morgan fingerprint density at radius 3 is 2.44 bits per heavy atom. The fraction of sp³-hybridized carbons (Fsp3) is 0.375. The van der Waals surface area contributed by atoms with Crippen molar-refractivity contribution >= 4 is 11.3 Å². The summed E-state index contributed by atoms with van der Waals surface area (Å²) < 4.78 is 0. The van der Waals surface area contributed by atoms with Crippen molar-refractivity contribution < 1.29 is 0 Å². The van der Waals surface area contributed by atoms with Crippen molar-refractivity contribution in [1.82, 2.24) is 4.90 Å². The maximum absolute atomic E-state index is 2.40. The van der Waals surface area contributed by atoms with Crippen molar-refractivity contribution in [1.29, 1.82) is 0 Å². The van der Waals surface area contributed by atoms with E-state index in [0.29, 0.717) is 6.04 Å². The van der Waals surface area contributed by atoms with Crippen LogP contribution in [-0.2, 0) is 13.0 Å². The van der Waals surface area contributed by atoms with Gasteiger partial charge in [0.1, 0.15) is 0 Å². The van der Waals surface area contributed by atoms with Crippen LogP contribution in [0.2, 0.25) is 0 Å². The van der Waals surface area contributed by atoms with Crippen molar-refractivity contribution in [3.05, 3.63) is 57.8 Å². The zero-order valence-corrected chi connectivity index (χ0v) is 12.2. The Kier molecular flexibility index (Phi) is 4.56. The van der Waals surface area contributed by atoms with Crippen molar-refractivity contribution in [3.63, 3.8) is 0 Å². The minimum atomic E-state index is 0.456. The molecule has 0 saturated carbocycles. The standard InChI is InChI=1S/C16H21NS/c1-4-14-7-9-15(10-8-14)13(2)17(3)12-16-6-5-11-18-16/h5-11,13H,4,12H2,1-3H3. The van der Waals surface area contributed by atoms with Gasteiger partial charge in [-0.15, -0.1) is 11.3 Å². The molecule has 2 heteroatoms. The van der Waals surface area contributed by atoms with Gasteiger partial charge in [-0.1, -0.05) is 37.3 Å². The van der Waals surface area contributed by atoms with E-state index in [4.69, 9.17) is 0 Å². The molecule has 1 nitrogen and oxygen atoms in total. The number of hydrogen-bond donors (Lipinski definition) is 0. The van der Waals surface area contributed by atoms with Gasteiger partial charge in [-0.3, -0.25) is 4.90 Å². The Morgan fingerprint density at radius 2 is 1.89 bits per heavy atom. The lowest BCUT2D eigenvalue weighted by atomic mass is 10.0. The first-order chi connectivity index (χ1) is 8.70. The Morgan fingerprint density at radius 1 is 1.17 bits per heavy atom. The lowest BCUT2D eigenvalue weighted by molar-refractivity contribution is 0.255. The van der Waals surface area contributed by atoms with Crippen LogP contribution < -0.4 is 0 Å². The average molecular weight is 259 g/mol. The van der Waals surface area contributed by atoms with Gasteiger partial charge in [0, 0.05) is 17.5 Å². The number of aryl methyl sites for hydroxylation is 1. The van der Waals surface area contributed by atoms with Crippen LogP contribution in [0, 0.1) is 0 Å². The minimum Gasteiger partial charge on any atom is -0.295 e. The molecule has 1 heterocycles. The van der Waals surface area contributed by atoms with Gasteiger partial charge in [-0.05, 0) is 43.0 Å². The van der Waals surface area contributed by atoms with Crippen LogP contribution in [0.1, 0.15) is 35.9 Å². The quantitative estimate of drug-likeness (QED) is 0.764. The van der Waals surface area contributed by atoms with E-state index in [1.165, 1.54) is 16.0 Å². The summed E-state index contributed by atoms with van der Waals surface area (Å²) in [6.07, 6.45) is 1.11. The van der Waals surface area contributed by atoms with E-state index in [-0.39, 0.29) is 0 Å². The van der Waals surface area contributed by atoms with Gasteiger partial charge in [-0.2, -0.15) is 0 Å². The maximum atomic E-state index is 2.40. The van der Waals surface area contributed by atoms with Crippen LogP contribution in [0.4, 0.5) is 0 Å². The number of benzene rings is 1. The Labute approximate surface area is 114 Å². The summed E-state index contributed by atoms with van der Waals surface area (Å²) in [7, 11) is 2.19. The molecule has 0 N–H and O–H groups in total. The predicted octanol–water partition coefficient (Wildman–Crippen LogP) is 4.50. The molecule has 0 spiro atoms. The van der Waals surface area contributed by atoms with Crippen molar-refractivity contribution in [3.8, 4) is 0 Å². The lowest BCUT2D eigenvalue weighted by Crippen LogP contribution is -2.21. The first-order valence-corrected chi connectivity index (χ1v) is 7.40. The monoisotopic (exact) mass is 259 g/mol. The van der Waals surface area contributed by atoms with Crippen LogP contribution in [0.15, 0.2) is 41.8 Å². The second-order valence-electron chi connectivity index (χ2n) is 4.77. The molecule has 0 radical (unpaired) electrons. The minimum absolute atomic E-state index is 0.456. The van der Waals surface area contributed by atoms with E-state index in [9.17, 15) is 0 Å². The molecule has 0 bridgehead atoms. The predicted molar refractivity (Wildman–Crippen MR) is 80.0 cm³/mol. The molecule has 0 aliphatic heterocycles. The molecule has 1 unspecified atom stereocenters. The summed E-state index contributed by atoms with van der Waals surface area (Å²) in [5, 5.41) is 2.14. The maximum Gasteiger partial charge on any atom is 0.0330 e. The molecule has 0 fully saturated rings. The smallest absolute Gasteiger partial charge is 0.0330 e. The number of rotatable bonds is 5. The summed E-state index contributed by atoms with van der Waals surface area (Å²) in [5.41, 5.74) is 2.80. The highest BCUT2D eigenvalue weighted by atomic mass is 32.1. The SMILES string of the molecule is CCc1ccc(C(C)N(C)Cc2cccs2)cc1. The summed E-state index contributed by atoms with van der Waals surface area (Å²) in [6.45, 7) is 5.49. The molecular weight excluding hydrogens is 238 g/mol. The molecule has 1 aromatic carbocycles. The van der Waals surface area contributed by atoms with Gasteiger partial charge in [0.2, 0.25) is 0 Å². The lowest BCUT2D eigenvalue weighted by Gasteiger charge is -2.24. The summed E-state index contributed by atoms with van der Waals surface area (Å²) in [6, 6.07) is 13.8. The van der Waals surface area contributed by atoms with E-state index in [2.05, 4.69) is 67.6 Å². The number of thiophene rings is 1.